The Bertz CT molecular complexity index is 552. The highest BCUT2D eigenvalue weighted by molar-refractivity contribution is 5.77. The number of carbonyl (C=O) groups is 1. The van der Waals surface area contributed by atoms with E-state index in [0.29, 0.717) is 31.3 Å². The van der Waals surface area contributed by atoms with Crippen LogP contribution in [0.15, 0.2) is 6.07 Å². The average Bonchev–Trinajstić information content (AvgIpc) is 3.07. The van der Waals surface area contributed by atoms with Crippen molar-refractivity contribution in [3.63, 3.8) is 0 Å². The molecule has 0 bridgehead atoms. The highest BCUT2D eigenvalue weighted by atomic mass is 16.5. The Morgan fingerprint density at radius 1 is 1.35 bits per heavy atom. The molecule has 2 saturated heterocycles. The average molecular weight is 320 g/mol. The summed E-state index contributed by atoms with van der Waals surface area (Å²) >= 11 is 0. The summed E-state index contributed by atoms with van der Waals surface area (Å²) in [5.74, 6) is 1.44. The number of hydrogen-bond acceptors (Lipinski definition) is 6. The van der Waals surface area contributed by atoms with Gasteiger partial charge >= 0.3 is 0 Å². The van der Waals surface area contributed by atoms with Crippen LogP contribution in [0.3, 0.4) is 0 Å². The number of piperazine rings is 1. The van der Waals surface area contributed by atoms with Gasteiger partial charge in [0.05, 0.1) is 19.6 Å². The third-order valence-electron chi connectivity index (χ3n) is 4.37. The summed E-state index contributed by atoms with van der Waals surface area (Å²) in [6.07, 6.45) is 2.69. The lowest BCUT2D eigenvalue weighted by Crippen LogP contribution is -2.49. The van der Waals surface area contributed by atoms with E-state index in [1.54, 1.807) is 7.11 Å². The summed E-state index contributed by atoms with van der Waals surface area (Å²) < 4.78 is 10.8. The Labute approximate surface area is 136 Å². The van der Waals surface area contributed by atoms with Gasteiger partial charge in [0.25, 0.3) is 0 Å². The first-order valence-electron chi connectivity index (χ1n) is 8.19. The van der Waals surface area contributed by atoms with Crippen LogP contribution in [0.25, 0.3) is 0 Å². The number of amides is 1. The molecule has 7 heteroatoms. The first-order valence-corrected chi connectivity index (χ1v) is 8.19. The summed E-state index contributed by atoms with van der Waals surface area (Å²) in [6.45, 7) is 5.59. The Hall–Kier alpha value is -1.89. The molecule has 2 aliphatic rings. The van der Waals surface area contributed by atoms with Gasteiger partial charge in [0, 0.05) is 44.5 Å². The molecule has 0 aromatic carbocycles. The Kier molecular flexibility index (Phi) is 4.95. The van der Waals surface area contributed by atoms with E-state index in [9.17, 15) is 4.79 Å². The molecular formula is C16H24N4O3. The second kappa shape index (κ2) is 7.12. The van der Waals surface area contributed by atoms with Crippen LogP contribution < -0.4 is 9.64 Å². The van der Waals surface area contributed by atoms with Gasteiger partial charge in [-0.1, -0.05) is 0 Å². The molecule has 0 radical (unpaired) electrons. The van der Waals surface area contributed by atoms with E-state index in [4.69, 9.17) is 9.47 Å². The summed E-state index contributed by atoms with van der Waals surface area (Å²) in [5.41, 5.74) is 0.878. The first-order chi connectivity index (χ1) is 11.2. The lowest BCUT2D eigenvalue weighted by molar-refractivity contribution is -0.133. The van der Waals surface area contributed by atoms with Gasteiger partial charge in [0.15, 0.2) is 0 Å². The van der Waals surface area contributed by atoms with Gasteiger partial charge in [-0.05, 0) is 19.8 Å². The van der Waals surface area contributed by atoms with Crippen molar-refractivity contribution in [3.05, 3.63) is 11.8 Å². The van der Waals surface area contributed by atoms with Crippen LogP contribution in [0.2, 0.25) is 0 Å². The van der Waals surface area contributed by atoms with E-state index in [1.165, 1.54) is 0 Å². The quantitative estimate of drug-likeness (QED) is 0.825. The van der Waals surface area contributed by atoms with E-state index in [0.717, 1.165) is 38.2 Å². The highest BCUT2D eigenvalue weighted by Crippen LogP contribution is 2.19. The topological polar surface area (TPSA) is 67.8 Å². The van der Waals surface area contributed by atoms with Crippen molar-refractivity contribution in [1.29, 1.82) is 0 Å². The van der Waals surface area contributed by atoms with Crippen molar-refractivity contribution in [2.75, 3.05) is 44.8 Å². The Morgan fingerprint density at radius 2 is 2.13 bits per heavy atom. The second-order valence-corrected chi connectivity index (χ2v) is 6.06. The van der Waals surface area contributed by atoms with Gasteiger partial charge < -0.3 is 19.3 Å². The van der Waals surface area contributed by atoms with Gasteiger partial charge in [-0.25, -0.2) is 4.98 Å². The van der Waals surface area contributed by atoms with E-state index < -0.39 is 0 Å². The standard InChI is InChI=1S/C16H24N4O3/c1-12-10-14(22-2)18-16(17-12)20-7-5-19(6-8-20)15(21)11-13-4-3-9-23-13/h10,13H,3-9,11H2,1-2H3. The van der Waals surface area contributed by atoms with Gasteiger partial charge in [0.2, 0.25) is 17.7 Å². The van der Waals surface area contributed by atoms with Crippen LogP contribution in [0.1, 0.15) is 25.0 Å². The zero-order chi connectivity index (χ0) is 16.2. The van der Waals surface area contributed by atoms with Gasteiger partial charge in [0.1, 0.15) is 0 Å². The number of hydrogen-bond donors (Lipinski definition) is 0. The lowest BCUT2D eigenvalue weighted by atomic mass is 10.1. The molecule has 0 N–H and O–H groups in total. The highest BCUT2D eigenvalue weighted by Gasteiger charge is 2.26. The van der Waals surface area contributed by atoms with Crippen LogP contribution in [0, 0.1) is 6.92 Å². The monoisotopic (exact) mass is 320 g/mol. The predicted molar refractivity (Wildman–Crippen MR) is 85.7 cm³/mol. The number of anilines is 1. The van der Waals surface area contributed by atoms with Crippen molar-refractivity contribution in [1.82, 2.24) is 14.9 Å². The molecule has 1 amide bonds. The van der Waals surface area contributed by atoms with Crippen LogP contribution in [0.4, 0.5) is 5.95 Å². The molecule has 1 atom stereocenters. The number of methoxy groups -OCH3 is 1. The van der Waals surface area contributed by atoms with Crippen LogP contribution in [0.5, 0.6) is 5.88 Å². The molecule has 7 nitrogen and oxygen atoms in total. The number of nitrogens with zero attached hydrogens (tertiary/aromatic N) is 4. The first kappa shape index (κ1) is 16.0. The molecule has 1 aromatic rings. The van der Waals surface area contributed by atoms with Crippen molar-refractivity contribution < 1.29 is 14.3 Å². The minimum absolute atomic E-state index is 0.116. The van der Waals surface area contributed by atoms with Crippen molar-refractivity contribution >= 4 is 11.9 Å². The lowest BCUT2D eigenvalue weighted by Gasteiger charge is -2.35. The molecule has 0 aliphatic carbocycles. The van der Waals surface area contributed by atoms with E-state index in [1.807, 2.05) is 17.9 Å². The third kappa shape index (κ3) is 3.90. The molecule has 23 heavy (non-hydrogen) atoms. The Morgan fingerprint density at radius 3 is 2.78 bits per heavy atom. The number of rotatable bonds is 4. The zero-order valence-electron chi connectivity index (χ0n) is 13.8. The summed E-state index contributed by atoms with van der Waals surface area (Å²) in [7, 11) is 1.60. The summed E-state index contributed by atoms with van der Waals surface area (Å²) in [5, 5.41) is 0. The fraction of sp³-hybridized carbons (Fsp3) is 0.688. The predicted octanol–water partition coefficient (Wildman–Crippen LogP) is 1.01. The number of aryl methyl sites for hydroxylation is 1. The minimum Gasteiger partial charge on any atom is -0.481 e. The van der Waals surface area contributed by atoms with Gasteiger partial charge in [-0.2, -0.15) is 4.98 Å². The smallest absolute Gasteiger partial charge is 0.228 e. The normalized spacial score (nSPS) is 21.6. The number of aromatic nitrogens is 2. The van der Waals surface area contributed by atoms with Gasteiger partial charge in [-0.15, -0.1) is 0 Å². The molecule has 3 heterocycles. The molecule has 0 spiro atoms. The maximum absolute atomic E-state index is 12.3. The fourth-order valence-corrected chi connectivity index (χ4v) is 3.06. The van der Waals surface area contributed by atoms with E-state index >= 15 is 0 Å². The molecule has 3 rings (SSSR count). The fourth-order valence-electron chi connectivity index (χ4n) is 3.06. The van der Waals surface area contributed by atoms with Crippen molar-refractivity contribution in [3.8, 4) is 5.88 Å². The van der Waals surface area contributed by atoms with Gasteiger partial charge in [-0.3, -0.25) is 4.79 Å². The minimum atomic E-state index is 0.116. The molecular weight excluding hydrogens is 296 g/mol. The third-order valence-corrected chi connectivity index (χ3v) is 4.37. The maximum atomic E-state index is 12.3. The second-order valence-electron chi connectivity index (χ2n) is 6.06. The molecule has 2 aliphatic heterocycles. The summed E-state index contributed by atoms with van der Waals surface area (Å²) in [4.78, 5) is 25.2. The maximum Gasteiger partial charge on any atom is 0.228 e. The van der Waals surface area contributed by atoms with Crippen LogP contribution in [-0.2, 0) is 9.53 Å². The number of carbonyl (C=O) groups excluding carboxylic acids is 1. The van der Waals surface area contributed by atoms with E-state index in [2.05, 4.69) is 14.9 Å². The zero-order valence-corrected chi connectivity index (χ0v) is 13.8. The van der Waals surface area contributed by atoms with Crippen molar-refractivity contribution in [2.45, 2.75) is 32.3 Å². The largest absolute Gasteiger partial charge is 0.481 e. The molecule has 1 aromatic heterocycles. The number of ether oxygens (including phenoxy) is 2. The van der Waals surface area contributed by atoms with Crippen molar-refractivity contribution in [2.24, 2.45) is 0 Å². The molecule has 0 saturated carbocycles. The molecule has 2 fully saturated rings. The molecule has 1 unspecified atom stereocenters. The van der Waals surface area contributed by atoms with E-state index in [-0.39, 0.29) is 12.0 Å². The Balaban J connectivity index is 1.55. The molecule has 126 valence electrons. The van der Waals surface area contributed by atoms with Crippen LogP contribution in [-0.4, -0.2) is 66.8 Å². The SMILES string of the molecule is COc1cc(C)nc(N2CCN(C(=O)CC3CCCO3)CC2)n1. The van der Waals surface area contributed by atoms with Crippen LogP contribution >= 0.6 is 0 Å². The summed E-state index contributed by atoms with van der Waals surface area (Å²) in [6, 6.07) is 1.81.